The van der Waals surface area contributed by atoms with E-state index >= 15 is 0 Å². The SMILES string of the molecule is O=C(NC1CCCCC1)C(Cc1ccccc1)N(Cc1c(Cl)cccc1Cl)C(=O)CN(c1cc(C(F)(F)F)ccc1Cl)S(=O)(=O)c1ccccc1. The zero-order valence-corrected chi connectivity index (χ0v) is 30.3. The third kappa shape index (κ3) is 9.57. The minimum atomic E-state index is -4.85. The second-order valence-corrected chi connectivity index (χ2v) is 15.3. The van der Waals surface area contributed by atoms with Crippen molar-refractivity contribution in [3.8, 4) is 0 Å². The van der Waals surface area contributed by atoms with Gasteiger partial charge in [0, 0.05) is 34.6 Å². The molecule has 2 amide bonds. The van der Waals surface area contributed by atoms with Gasteiger partial charge in [-0.3, -0.25) is 13.9 Å². The lowest BCUT2D eigenvalue weighted by molar-refractivity contribution is -0.140. The number of carbonyl (C=O) groups is 2. The summed E-state index contributed by atoms with van der Waals surface area (Å²) in [5.74, 6) is -1.38. The number of rotatable bonds is 12. The van der Waals surface area contributed by atoms with Crippen molar-refractivity contribution >= 4 is 62.3 Å². The number of sulfonamides is 1. The molecule has 0 saturated heterocycles. The van der Waals surface area contributed by atoms with Gasteiger partial charge in [0.25, 0.3) is 10.0 Å². The Balaban J connectivity index is 1.64. The average Bonchev–Trinajstić information content (AvgIpc) is 3.10. The molecule has 0 aliphatic heterocycles. The Kier molecular flexibility index (Phi) is 12.6. The molecule has 1 aliphatic carbocycles. The Morgan fingerprint density at radius 2 is 1.41 bits per heavy atom. The first-order chi connectivity index (χ1) is 24.3. The van der Waals surface area contributed by atoms with Crippen LogP contribution in [0.25, 0.3) is 0 Å². The summed E-state index contributed by atoms with van der Waals surface area (Å²) >= 11 is 19.5. The zero-order chi connectivity index (χ0) is 36.8. The highest BCUT2D eigenvalue weighted by Crippen LogP contribution is 2.38. The van der Waals surface area contributed by atoms with E-state index in [2.05, 4.69) is 5.32 Å². The van der Waals surface area contributed by atoms with Gasteiger partial charge in [0.2, 0.25) is 11.8 Å². The highest BCUT2D eigenvalue weighted by molar-refractivity contribution is 7.92. The number of halogens is 6. The zero-order valence-electron chi connectivity index (χ0n) is 27.3. The molecule has 51 heavy (non-hydrogen) atoms. The molecular weight excluding hydrogens is 746 g/mol. The smallest absolute Gasteiger partial charge is 0.352 e. The first-order valence-electron chi connectivity index (χ1n) is 16.3. The van der Waals surface area contributed by atoms with E-state index in [0.717, 1.165) is 44.2 Å². The van der Waals surface area contributed by atoms with Crippen molar-refractivity contribution in [2.75, 3.05) is 10.8 Å². The van der Waals surface area contributed by atoms with Crippen LogP contribution in [0.15, 0.2) is 102 Å². The van der Waals surface area contributed by atoms with Crippen LogP contribution in [-0.4, -0.2) is 43.8 Å². The third-order valence-electron chi connectivity index (χ3n) is 8.77. The Labute approximate surface area is 310 Å². The molecule has 14 heteroatoms. The van der Waals surface area contributed by atoms with Crippen molar-refractivity contribution in [1.29, 1.82) is 0 Å². The minimum absolute atomic E-state index is 0.0307. The van der Waals surface area contributed by atoms with Crippen LogP contribution in [0.1, 0.15) is 48.8 Å². The predicted molar refractivity (Wildman–Crippen MR) is 193 cm³/mol. The van der Waals surface area contributed by atoms with Gasteiger partial charge in [-0.1, -0.05) is 109 Å². The number of alkyl halides is 3. The number of anilines is 1. The lowest BCUT2D eigenvalue weighted by atomic mass is 9.94. The summed E-state index contributed by atoms with van der Waals surface area (Å²) in [6, 6.07) is 21.6. The average molecular weight is 781 g/mol. The highest BCUT2D eigenvalue weighted by Gasteiger charge is 2.38. The van der Waals surface area contributed by atoms with Crippen molar-refractivity contribution in [2.45, 2.75) is 68.2 Å². The first kappa shape index (κ1) is 38.5. The molecule has 1 aliphatic rings. The number of amides is 2. The molecule has 5 rings (SSSR count). The van der Waals surface area contributed by atoms with Gasteiger partial charge in [-0.05, 0) is 60.9 Å². The number of benzene rings is 4. The molecule has 1 N–H and O–H groups in total. The van der Waals surface area contributed by atoms with Crippen LogP contribution >= 0.6 is 34.8 Å². The van der Waals surface area contributed by atoms with Crippen LogP contribution in [0, 0.1) is 0 Å². The first-order valence-corrected chi connectivity index (χ1v) is 18.8. The number of carbonyl (C=O) groups excluding carboxylic acids is 2. The fourth-order valence-electron chi connectivity index (χ4n) is 6.07. The van der Waals surface area contributed by atoms with Crippen molar-refractivity contribution in [1.82, 2.24) is 10.2 Å². The Bertz CT molecular complexity index is 1920. The molecule has 0 radical (unpaired) electrons. The number of nitrogens with one attached hydrogen (secondary N) is 1. The summed E-state index contributed by atoms with van der Waals surface area (Å²) in [7, 11) is -4.70. The van der Waals surface area contributed by atoms with E-state index in [1.807, 2.05) is 0 Å². The van der Waals surface area contributed by atoms with Crippen LogP contribution in [0.2, 0.25) is 15.1 Å². The lowest BCUT2D eigenvalue weighted by Gasteiger charge is -2.35. The Morgan fingerprint density at radius 3 is 2.02 bits per heavy atom. The standard InChI is InChI=1S/C37H35Cl3F3N3O4S/c38-30-17-10-18-31(39)29(30)23-45(34(21-25-11-4-1-5-12-25)36(48)44-27-13-6-2-7-14-27)35(47)24-46(51(49,50)28-15-8-3-9-16-28)33-22-26(37(41,42)43)19-20-32(33)40/h1,3-5,8-12,15-20,22,27,34H,2,6-7,13-14,21,23-24H2,(H,44,48). The van der Waals surface area contributed by atoms with Crippen LogP contribution in [-0.2, 0) is 38.8 Å². The molecular formula is C37H35Cl3F3N3O4S. The Hall–Kier alpha value is -3.77. The molecule has 0 heterocycles. The molecule has 0 aromatic heterocycles. The van der Waals surface area contributed by atoms with Gasteiger partial charge < -0.3 is 10.2 Å². The maximum absolute atomic E-state index is 14.7. The fourth-order valence-corrected chi connectivity index (χ4v) is 8.30. The normalized spacial score (nSPS) is 14.5. The molecule has 1 saturated carbocycles. The Morgan fingerprint density at radius 1 is 0.804 bits per heavy atom. The molecule has 270 valence electrons. The van der Waals surface area contributed by atoms with Crippen LogP contribution in [0.5, 0.6) is 0 Å². The second-order valence-electron chi connectivity index (χ2n) is 12.3. The lowest BCUT2D eigenvalue weighted by Crippen LogP contribution is -2.55. The largest absolute Gasteiger partial charge is 0.416 e. The molecule has 4 aromatic rings. The van der Waals surface area contributed by atoms with Gasteiger partial charge >= 0.3 is 6.18 Å². The topological polar surface area (TPSA) is 86.8 Å². The summed E-state index contributed by atoms with van der Waals surface area (Å²) in [5.41, 5.74) is -0.729. The predicted octanol–water partition coefficient (Wildman–Crippen LogP) is 8.95. The van der Waals surface area contributed by atoms with E-state index in [-0.39, 0.29) is 39.0 Å². The molecule has 7 nitrogen and oxygen atoms in total. The molecule has 0 spiro atoms. The number of hydrogen-bond donors (Lipinski definition) is 1. The molecule has 1 atom stereocenters. The van der Waals surface area contributed by atoms with E-state index in [1.54, 1.807) is 54.6 Å². The number of hydrogen-bond acceptors (Lipinski definition) is 4. The van der Waals surface area contributed by atoms with E-state index in [9.17, 15) is 31.2 Å². The molecule has 1 fully saturated rings. The van der Waals surface area contributed by atoms with Gasteiger partial charge in [-0.15, -0.1) is 0 Å². The summed E-state index contributed by atoms with van der Waals surface area (Å²) < 4.78 is 70.8. The molecule has 4 aromatic carbocycles. The third-order valence-corrected chi connectivity index (χ3v) is 11.6. The summed E-state index contributed by atoms with van der Waals surface area (Å²) in [6.07, 6.45) is -0.415. The van der Waals surface area contributed by atoms with Crippen molar-refractivity contribution in [3.05, 3.63) is 129 Å². The summed E-state index contributed by atoms with van der Waals surface area (Å²) in [5, 5.41) is 3.14. The molecule has 1 unspecified atom stereocenters. The quantitative estimate of drug-likeness (QED) is 0.156. The van der Waals surface area contributed by atoms with Crippen LogP contribution in [0.4, 0.5) is 18.9 Å². The van der Waals surface area contributed by atoms with Gasteiger partial charge in [0.05, 0.1) is 21.2 Å². The highest BCUT2D eigenvalue weighted by atomic mass is 35.5. The van der Waals surface area contributed by atoms with Crippen molar-refractivity contribution in [2.24, 2.45) is 0 Å². The van der Waals surface area contributed by atoms with Crippen LogP contribution in [0.3, 0.4) is 0 Å². The van der Waals surface area contributed by atoms with E-state index in [1.165, 1.54) is 29.2 Å². The van der Waals surface area contributed by atoms with E-state index in [0.29, 0.717) is 21.5 Å². The van der Waals surface area contributed by atoms with Crippen LogP contribution < -0.4 is 9.62 Å². The maximum Gasteiger partial charge on any atom is 0.416 e. The van der Waals surface area contributed by atoms with Gasteiger partial charge in [-0.2, -0.15) is 13.2 Å². The van der Waals surface area contributed by atoms with Crippen molar-refractivity contribution < 1.29 is 31.2 Å². The minimum Gasteiger partial charge on any atom is -0.352 e. The summed E-state index contributed by atoms with van der Waals surface area (Å²) in [4.78, 5) is 29.9. The van der Waals surface area contributed by atoms with Gasteiger partial charge in [-0.25, -0.2) is 8.42 Å². The van der Waals surface area contributed by atoms with E-state index < -0.39 is 51.9 Å². The second kappa shape index (κ2) is 16.7. The number of nitrogens with zero attached hydrogens (tertiary/aromatic N) is 2. The monoisotopic (exact) mass is 779 g/mol. The summed E-state index contributed by atoms with van der Waals surface area (Å²) in [6.45, 7) is -1.33. The fraction of sp³-hybridized carbons (Fsp3) is 0.297. The van der Waals surface area contributed by atoms with E-state index in [4.69, 9.17) is 34.8 Å². The van der Waals surface area contributed by atoms with Gasteiger partial charge in [0.1, 0.15) is 12.6 Å². The van der Waals surface area contributed by atoms with Crippen molar-refractivity contribution in [3.63, 3.8) is 0 Å². The molecule has 0 bridgehead atoms. The van der Waals surface area contributed by atoms with Gasteiger partial charge in [0.15, 0.2) is 0 Å². The maximum atomic E-state index is 14.7.